The van der Waals surface area contributed by atoms with E-state index in [2.05, 4.69) is 22.0 Å². The van der Waals surface area contributed by atoms with E-state index in [1.165, 1.54) is 10.4 Å². The van der Waals surface area contributed by atoms with Crippen molar-refractivity contribution in [3.8, 4) is 5.75 Å². The van der Waals surface area contributed by atoms with Crippen LogP contribution in [0.4, 0.5) is 0 Å². The molecule has 0 N–H and O–H groups in total. The molecule has 5 heteroatoms. The van der Waals surface area contributed by atoms with E-state index >= 15 is 0 Å². The lowest BCUT2D eigenvalue weighted by Crippen LogP contribution is -2.00. The molecule has 0 unspecified atom stereocenters. The van der Waals surface area contributed by atoms with Gasteiger partial charge in [0.25, 0.3) is 0 Å². The van der Waals surface area contributed by atoms with Gasteiger partial charge in [0.2, 0.25) is 5.78 Å². The Balaban J connectivity index is 1.88. The number of thioether (sulfide) groups is 1. The van der Waals surface area contributed by atoms with Crippen LogP contribution < -0.4 is 4.74 Å². The van der Waals surface area contributed by atoms with Crippen LogP contribution in [-0.2, 0) is 12.2 Å². The SMILES string of the molecule is CCOc1ccc(C(=O)c2cc3c(s2)CCSC3)cc1Br. The highest BCUT2D eigenvalue weighted by Gasteiger charge is 2.19. The van der Waals surface area contributed by atoms with E-state index in [1.54, 1.807) is 11.3 Å². The van der Waals surface area contributed by atoms with Gasteiger partial charge in [-0.25, -0.2) is 0 Å². The van der Waals surface area contributed by atoms with Crippen LogP contribution in [0.25, 0.3) is 0 Å². The zero-order valence-electron chi connectivity index (χ0n) is 11.6. The summed E-state index contributed by atoms with van der Waals surface area (Å²) in [5.74, 6) is 3.07. The molecule has 2 aromatic rings. The van der Waals surface area contributed by atoms with Crippen LogP contribution in [0.15, 0.2) is 28.7 Å². The molecule has 0 spiro atoms. The Morgan fingerprint density at radius 1 is 1.38 bits per heavy atom. The van der Waals surface area contributed by atoms with Gasteiger partial charge in [0.1, 0.15) is 5.75 Å². The van der Waals surface area contributed by atoms with Gasteiger partial charge in [-0.2, -0.15) is 11.8 Å². The molecule has 0 radical (unpaired) electrons. The molecule has 21 heavy (non-hydrogen) atoms. The second-order valence-electron chi connectivity index (χ2n) is 4.77. The lowest BCUT2D eigenvalue weighted by molar-refractivity contribution is 0.104. The van der Waals surface area contributed by atoms with Crippen molar-refractivity contribution in [3.63, 3.8) is 0 Å². The first-order valence-electron chi connectivity index (χ1n) is 6.85. The highest BCUT2D eigenvalue weighted by Crippen LogP contribution is 2.33. The summed E-state index contributed by atoms with van der Waals surface area (Å²) < 4.78 is 6.31. The highest BCUT2D eigenvalue weighted by atomic mass is 79.9. The average molecular weight is 383 g/mol. The quantitative estimate of drug-likeness (QED) is 0.701. The number of carbonyl (C=O) groups excluding carboxylic acids is 1. The second kappa shape index (κ2) is 6.55. The Morgan fingerprint density at radius 3 is 2.95 bits per heavy atom. The molecule has 0 saturated carbocycles. The van der Waals surface area contributed by atoms with E-state index in [-0.39, 0.29) is 5.78 Å². The lowest BCUT2D eigenvalue weighted by Gasteiger charge is -2.08. The van der Waals surface area contributed by atoms with Gasteiger partial charge in [0, 0.05) is 16.2 Å². The molecule has 0 amide bonds. The van der Waals surface area contributed by atoms with Gasteiger partial charge in [-0.15, -0.1) is 11.3 Å². The third-order valence-corrected chi connectivity index (χ3v) is 6.21. The van der Waals surface area contributed by atoms with Gasteiger partial charge in [-0.3, -0.25) is 4.79 Å². The van der Waals surface area contributed by atoms with Crippen molar-refractivity contribution < 1.29 is 9.53 Å². The first kappa shape index (κ1) is 15.1. The molecular formula is C16H15BrO2S2. The monoisotopic (exact) mass is 382 g/mol. The number of carbonyl (C=O) groups is 1. The number of hydrogen-bond acceptors (Lipinski definition) is 4. The fourth-order valence-electron chi connectivity index (χ4n) is 2.32. The Hall–Kier alpha value is -0.780. The van der Waals surface area contributed by atoms with Gasteiger partial charge in [0.15, 0.2) is 0 Å². The van der Waals surface area contributed by atoms with Crippen molar-refractivity contribution in [2.45, 2.75) is 19.1 Å². The maximum atomic E-state index is 12.6. The molecule has 1 aliphatic rings. The Kier molecular flexibility index (Phi) is 4.72. The summed E-state index contributed by atoms with van der Waals surface area (Å²) in [7, 11) is 0. The molecule has 110 valence electrons. The standard InChI is InChI=1S/C16H15BrO2S2/c1-2-19-13-4-3-10(7-12(13)17)16(18)15-8-11-9-20-6-5-14(11)21-15/h3-4,7-8H,2,5-6,9H2,1H3. The number of fused-ring (bicyclic) bond motifs is 1. The predicted molar refractivity (Wildman–Crippen MR) is 92.9 cm³/mol. The molecule has 0 atom stereocenters. The van der Waals surface area contributed by atoms with Crippen LogP contribution >= 0.6 is 39.0 Å². The summed E-state index contributed by atoms with van der Waals surface area (Å²) in [6, 6.07) is 7.61. The molecule has 0 saturated heterocycles. The summed E-state index contributed by atoms with van der Waals surface area (Å²) in [4.78, 5) is 14.9. The molecule has 3 rings (SSSR count). The molecule has 0 aliphatic carbocycles. The number of benzene rings is 1. The molecule has 1 aromatic heterocycles. The molecule has 2 heterocycles. The number of ketones is 1. The van der Waals surface area contributed by atoms with E-state index in [0.29, 0.717) is 12.2 Å². The molecule has 1 aromatic carbocycles. The van der Waals surface area contributed by atoms with E-state index in [0.717, 1.165) is 33.0 Å². The van der Waals surface area contributed by atoms with Gasteiger partial charge in [0.05, 0.1) is 16.0 Å². The predicted octanol–water partition coefficient (Wildman–Crippen LogP) is 4.93. The lowest BCUT2D eigenvalue weighted by atomic mass is 10.1. The van der Waals surface area contributed by atoms with Crippen molar-refractivity contribution in [1.29, 1.82) is 0 Å². The normalized spacial score (nSPS) is 13.8. The van der Waals surface area contributed by atoms with Gasteiger partial charge in [-0.05, 0) is 64.9 Å². The number of aryl methyl sites for hydroxylation is 1. The molecule has 1 aliphatic heterocycles. The van der Waals surface area contributed by atoms with Crippen molar-refractivity contribution >= 4 is 44.8 Å². The fraction of sp³-hybridized carbons (Fsp3) is 0.312. The van der Waals surface area contributed by atoms with Crippen LogP contribution in [0.3, 0.4) is 0 Å². The van der Waals surface area contributed by atoms with Gasteiger partial charge in [-0.1, -0.05) is 0 Å². The average Bonchev–Trinajstić information content (AvgIpc) is 2.92. The summed E-state index contributed by atoms with van der Waals surface area (Å²) >= 11 is 7.06. The fourth-order valence-corrected chi connectivity index (χ4v) is 5.14. The van der Waals surface area contributed by atoms with E-state index in [1.807, 2.05) is 36.9 Å². The van der Waals surface area contributed by atoms with E-state index in [9.17, 15) is 4.79 Å². The van der Waals surface area contributed by atoms with Crippen LogP contribution in [0.5, 0.6) is 5.75 Å². The number of halogens is 1. The molecule has 0 fully saturated rings. The molecule has 2 nitrogen and oxygen atoms in total. The van der Waals surface area contributed by atoms with Gasteiger partial charge < -0.3 is 4.74 Å². The highest BCUT2D eigenvalue weighted by molar-refractivity contribution is 9.10. The maximum absolute atomic E-state index is 12.6. The smallest absolute Gasteiger partial charge is 0.203 e. The minimum atomic E-state index is 0.100. The Labute approximate surface area is 141 Å². The second-order valence-corrected chi connectivity index (χ2v) is 7.87. The Morgan fingerprint density at radius 2 is 2.24 bits per heavy atom. The van der Waals surface area contributed by atoms with E-state index in [4.69, 9.17) is 4.74 Å². The van der Waals surface area contributed by atoms with Gasteiger partial charge >= 0.3 is 0 Å². The van der Waals surface area contributed by atoms with Crippen LogP contribution in [0.1, 0.15) is 32.6 Å². The minimum absolute atomic E-state index is 0.100. The van der Waals surface area contributed by atoms with Crippen molar-refractivity contribution in [3.05, 3.63) is 49.6 Å². The summed E-state index contributed by atoms with van der Waals surface area (Å²) in [5, 5.41) is 0. The van der Waals surface area contributed by atoms with Crippen molar-refractivity contribution in [2.24, 2.45) is 0 Å². The zero-order valence-corrected chi connectivity index (χ0v) is 14.9. The zero-order chi connectivity index (χ0) is 14.8. The summed E-state index contributed by atoms with van der Waals surface area (Å²) in [5.41, 5.74) is 2.04. The molecule has 0 bridgehead atoms. The van der Waals surface area contributed by atoms with Crippen LogP contribution in [0, 0.1) is 0 Å². The number of ether oxygens (including phenoxy) is 1. The van der Waals surface area contributed by atoms with Crippen molar-refractivity contribution in [1.82, 2.24) is 0 Å². The maximum Gasteiger partial charge on any atom is 0.203 e. The number of hydrogen-bond donors (Lipinski definition) is 0. The first-order valence-corrected chi connectivity index (χ1v) is 9.62. The third-order valence-electron chi connectivity index (χ3n) is 3.35. The largest absolute Gasteiger partial charge is 0.493 e. The third kappa shape index (κ3) is 3.20. The minimum Gasteiger partial charge on any atom is -0.493 e. The van der Waals surface area contributed by atoms with Crippen molar-refractivity contribution in [2.75, 3.05) is 12.4 Å². The summed E-state index contributed by atoms with van der Waals surface area (Å²) in [6.07, 6.45) is 1.09. The molecular weight excluding hydrogens is 368 g/mol. The topological polar surface area (TPSA) is 26.3 Å². The first-order chi connectivity index (χ1) is 10.2. The number of thiophene rings is 1. The van der Waals surface area contributed by atoms with Crippen LogP contribution in [-0.4, -0.2) is 18.1 Å². The van der Waals surface area contributed by atoms with E-state index < -0.39 is 0 Å². The number of rotatable bonds is 4. The Bertz CT molecular complexity index is 655. The van der Waals surface area contributed by atoms with Crippen LogP contribution in [0.2, 0.25) is 0 Å². The summed E-state index contributed by atoms with van der Waals surface area (Å²) in [6.45, 7) is 2.56.